The molecule has 1 aromatic carbocycles. The first-order chi connectivity index (χ1) is 11.7. The van der Waals surface area contributed by atoms with Gasteiger partial charge in [0.25, 0.3) is 5.91 Å². The molecule has 1 aliphatic heterocycles. The first kappa shape index (κ1) is 16.9. The number of carbonyl (C=O) groups is 1. The van der Waals surface area contributed by atoms with Crippen LogP contribution in [0.4, 0.5) is 11.4 Å². The van der Waals surface area contributed by atoms with Gasteiger partial charge in [0.05, 0.1) is 16.4 Å². The Morgan fingerprint density at radius 3 is 3.08 bits per heavy atom. The minimum atomic E-state index is -0.151. The smallest absolute Gasteiger partial charge is 0.275 e. The maximum absolute atomic E-state index is 12.5. The minimum Gasteiger partial charge on any atom is -0.368 e. The number of rotatable bonds is 5. The summed E-state index contributed by atoms with van der Waals surface area (Å²) < 4.78 is 0. The van der Waals surface area contributed by atoms with E-state index in [1.54, 1.807) is 11.3 Å². The van der Waals surface area contributed by atoms with Crippen LogP contribution in [0.1, 0.15) is 41.7 Å². The van der Waals surface area contributed by atoms with Gasteiger partial charge < -0.3 is 16.0 Å². The van der Waals surface area contributed by atoms with Crippen LogP contribution in [0.15, 0.2) is 29.6 Å². The van der Waals surface area contributed by atoms with Gasteiger partial charge in [-0.3, -0.25) is 4.79 Å². The molecule has 1 aromatic heterocycles. The van der Waals surface area contributed by atoms with Crippen LogP contribution in [0.5, 0.6) is 0 Å². The summed E-state index contributed by atoms with van der Waals surface area (Å²) in [6, 6.07) is 8.10. The molecule has 2 heterocycles. The lowest BCUT2D eigenvalue weighted by Gasteiger charge is -2.33. The third kappa shape index (κ3) is 3.94. The third-order valence-electron chi connectivity index (χ3n) is 4.20. The van der Waals surface area contributed by atoms with E-state index in [9.17, 15) is 4.79 Å². The Hall–Kier alpha value is -1.92. The summed E-state index contributed by atoms with van der Waals surface area (Å²) in [5, 5.41) is 5.86. The van der Waals surface area contributed by atoms with Crippen molar-refractivity contribution < 1.29 is 4.79 Å². The molecule has 3 N–H and O–H groups in total. The second-order valence-corrected chi connectivity index (χ2v) is 7.14. The highest BCUT2D eigenvalue weighted by Gasteiger charge is 2.20. The number of aromatic nitrogens is 1. The quantitative estimate of drug-likeness (QED) is 0.873. The molecule has 0 unspecified atom stereocenters. The van der Waals surface area contributed by atoms with Gasteiger partial charge in [-0.2, -0.15) is 0 Å². The Bertz CT molecular complexity index is 700. The minimum absolute atomic E-state index is 0.151. The highest BCUT2D eigenvalue weighted by molar-refractivity contribution is 7.09. The van der Waals surface area contributed by atoms with Crippen molar-refractivity contribution in [1.29, 1.82) is 0 Å². The lowest BCUT2D eigenvalue weighted by Crippen LogP contribution is -2.43. The lowest BCUT2D eigenvalue weighted by molar-refractivity contribution is 0.102. The third-order valence-corrected chi connectivity index (χ3v) is 5.11. The van der Waals surface area contributed by atoms with Gasteiger partial charge >= 0.3 is 0 Å². The molecule has 6 heteroatoms. The molecule has 0 spiro atoms. The van der Waals surface area contributed by atoms with E-state index in [4.69, 9.17) is 5.73 Å². The van der Waals surface area contributed by atoms with Crippen LogP contribution in [0, 0.1) is 0 Å². The van der Waals surface area contributed by atoms with Crippen LogP contribution in [-0.2, 0) is 6.42 Å². The SMILES string of the molecule is CCCc1nc(C(=O)Nc2ccccc2N2CCC[C@H](N)C2)cs1. The number of nitrogens with two attached hydrogens (primary N) is 1. The molecule has 1 atom stereocenters. The summed E-state index contributed by atoms with van der Waals surface area (Å²) in [7, 11) is 0. The summed E-state index contributed by atoms with van der Waals surface area (Å²) in [5.74, 6) is -0.151. The molecule has 128 valence electrons. The Morgan fingerprint density at radius 2 is 2.29 bits per heavy atom. The fourth-order valence-corrected chi connectivity index (χ4v) is 3.89. The van der Waals surface area contributed by atoms with Crippen LogP contribution in [-0.4, -0.2) is 30.0 Å². The Kier molecular flexibility index (Phi) is 5.48. The fraction of sp³-hybridized carbons (Fsp3) is 0.444. The van der Waals surface area contributed by atoms with Gasteiger partial charge in [0, 0.05) is 24.5 Å². The van der Waals surface area contributed by atoms with Gasteiger partial charge in [0.1, 0.15) is 5.69 Å². The highest BCUT2D eigenvalue weighted by Crippen LogP contribution is 2.28. The number of benzene rings is 1. The highest BCUT2D eigenvalue weighted by atomic mass is 32.1. The number of hydrogen-bond acceptors (Lipinski definition) is 5. The Labute approximate surface area is 146 Å². The van der Waals surface area contributed by atoms with E-state index in [0.29, 0.717) is 5.69 Å². The molecule has 24 heavy (non-hydrogen) atoms. The summed E-state index contributed by atoms with van der Waals surface area (Å²) in [4.78, 5) is 19.2. The summed E-state index contributed by atoms with van der Waals surface area (Å²) in [6.45, 7) is 3.91. The zero-order chi connectivity index (χ0) is 16.9. The zero-order valence-electron chi connectivity index (χ0n) is 14.0. The van der Waals surface area contributed by atoms with Gasteiger partial charge in [-0.1, -0.05) is 19.1 Å². The normalized spacial score (nSPS) is 17.8. The molecule has 1 fully saturated rings. The predicted octanol–water partition coefficient (Wildman–Crippen LogP) is 3.28. The number of thiazole rings is 1. The molecule has 3 rings (SSSR count). The monoisotopic (exact) mass is 344 g/mol. The van der Waals surface area contributed by atoms with Crippen molar-refractivity contribution in [2.75, 3.05) is 23.3 Å². The van der Waals surface area contributed by atoms with Gasteiger partial charge in [-0.25, -0.2) is 4.98 Å². The molecule has 0 radical (unpaired) electrons. The van der Waals surface area contributed by atoms with E-state index in [2.05, 4.69) is 22.1 Å². The lowest BCUT2D eigenvalue weighted by atomic mass is 10.1. The second kappa shape index (κ2) is 7.77. The first-order valence-corrected chi connectivity index (χ1v) is 9.40. The molecule has 5 nitrogen and oxygen atoms in total. The number of nitrogens with zero attached hydrogens (tertiary/aromatic N) is 2. The number of hydrogen-bond donors (Lipinski definition) is 2. The van der Waals surface area contributed by atoms with Crippen molar-refractivity contribution in [1.82, 2.24) is 4.98 Å². The number of amides is 1. The molecule has 1 aliphatic rings. The van der Waals surface area contributed by atoms with Crippen molar-refractivity contribution in [3.05, 3.63) is 40.3 Å². The number of carbonyl (C=O) groups excluding carboxylic acids is 1. The maximum atomic E-state index is 12.5. The van der Waals surface area contributed by atoms with Crippen LogP contribution in [0.3, 0.4) is 0 Å². The average molecular weight is 344 g/mol. The van der Waals surface area contributed by atoms with Crippen LogP contribution < -0.4 is 16.0 Å². The van der Waals surface area contributed by atoms with Crippen molar-refractivity contribution in [2.45, 2.75) is 38.6 Å². The Morgan fingerprint density at radius 1 is 1.46 bits per heavy atom. The maximum Gasteiger partial charge on any atom is 0.275 e. The standard InChI is InChI=1S/C18H24N4OS/c1-2-6-17-20-15(12-24-17)18(23)21-14-8-3-4-9-16(14)22-10-5-7-13(19)11-22/h3-4,8-9,12-13H,2,5-7,10-11,19H2,1H3,(H,21,23)/t13-/m0/s1. The van der Waals surface area contributed by atoms with Gasteiger partial charge in [0.15, 0.2) is 0 Å². The van der Waals surface area contributed by atoms with Crippen LogP contribution in [0.2, 0.25) is 0 Å². The van der Waals surface area contributed by atoms with Gasteiger partial charge in [-0.05, 0) is 37.8 Å². The molecule has 1 amide bonds. The largest absolute Gasteiger partial charge is 0.368 e. The van der Waals surface area contributed by atoms with Gasteiger partial charge in [-0.15, -0.1) is 11.3 Å². The number of aryl methyl sites for hydroxylation is 1. The van der Waals surface area contributed by atoms with E-state index < -0.39 is 0 Å². The number of nitrogens with one attached hydrogen (secondary N) is 1. The number of para-hydroxylation sites is 2. The summed E-state index contributed by atoms with van der Waals surface area (Å²) >= 11 is 1.55. The number of anilines is 2. The van der Waals surface area contributed by atoms with Crippen molar-refractivity contribution >= 4 is 28.6 Å². The number of piperidine rings is 1. The van der Waals surface area contributed by atoms with Crippen LogP contribution in [0.25, 0.3) is 0 Å². The van der Waals surface area contributed by atoms with E-state index in [1.807, 2.05) is 29.6 Å². The van der Waals surface area contributed by atoms with Gasteiger partial charge in [0.2, 0.25) is 0 Å². The first-order valence-electron chi connectivity index (χ1n) is 8.52. The molecule has 0 aliphatic carbocycles. The topological polar surface area (TPSA) is 71.2 Å². The molecule has 1 saturated heterocycles. The van der Waals surface area contributed by atoms with Crippen molar-refractivity contribution in [3.63, 3.8) is 0 Å². The average Bonchev–Trinajstić information content (AvgIpc) is 3.04. The second-order valence-electron chi connectivity index (χ2n) is 6.20. The Balaban J connectivity index is 1.75. The molecule has 0 saturated carbocycles. The molecular formula is C18H24N4OS. The van der Waals surface area contributed by atoms with Crippen LogP contribution >= 0.6 is 11.3 Å². The molecular weight excluding hydrogens is 320 g/mol. The summed E-state index contributed by atoms with van der Waals surface area (Å²) in [6.07, 6.45) is 4.09. The van der Waals surface area contributed by atoms with Crippen molar-refractivity contribution in [3.8, 4) is 0 Å². The summed E-state index contributed by atoms with van der Waals surface area (Å²) in [5.41, 5.74) is 8.45. The van der Waals surface area contributed by atoms with E-state index >= 15 is 0 Å². The fourth-order valence-electron chi connectivity index (χ4n) is 3.01. The molecule has 2 aromatic rings. The van der Waals surface area contributed by atoms with Crippen molar-refractivity contribution in [2.24, 2.45) is 5.73 Å². The predicted molar refractivity (Wildman–Crippen MR) is 99.9 cm³/mol. The van der Waals surface area contributed by atoms with E-state index in [1.165, 1.54) is 0 Å². The van der Waals surface area contributed by atoms with E-state index in [0.717, 1.165) is 55.2 Å². The molecule has 0 bridgehead atoms. The zero-order valence-corrected chi connectivity index (χ0v) is 14.8. The van der Waals surface area contributed by atoms with E-state index in [-0.39, 0.29) is 11.9 Å².